The first-order chi connectivity index (χ1) is 13.8. The number of guanidine groups is 1. The molecule has 0 spiro atoms. The van der Waals surface area contributed by atoms with Crippen LogP contribution in [0.25, 0.3) is 0 Å². The molecule has 1 aliphatic rings. The fraction of sp³-hybridized carbons (Fsp3) is 0.810. The van der Waals surface area contributed by atoms with Gasteiger partial charge in [0.25, 0.3) is 0 Å². The lowest BCUT2D eigenvalue weighted by Gasteiger charge is -2.21. The number of ether oxygens (including phenoxy) is 2. The van der Waals surface area contributed by atoms with Crippen LogP contribution in [-0.4, -0.2) is 50.6 Å². The molecular weight excluding hydrogens is 483 g/mol. The Hall–Kier alpha value is -0.870. The zero-order chi connectivity index (χ0) is 20.0. The smallest absolute Gasteiger partial charge is 0.191 e. The summed E-state index contributed by atoms with van der Waals surface area (Å²) < 4.78 is 16.6. The van der Waals surface area contributed by atoms with E-state index in [-0.39, 0.29) is 24.0 Å². The molecule has 29 heavy (non-hydrogen) atoms. The number of halogens is 1. The Balaban J connectivity index is 0.00000420. The van der Waals surface area contributed by atoms with Gasteiger partial charge in [0.1, 0.15) is 6.54 Å². The van der Waals surface area contributed by atoms with Gasteiger partial charge in [0.2, 0.25) is 0 Å². The van der Waals surface area contributed by atoms with E-state index in [2.05, 4.69) is 41.6 Å². The van der Waals surface area contributed by atoms with Crippen molar-refractivity contribution in [3.8, 4) is 0 Å². The van der Waals surface area contributed by atoms with Gasteiger partial charge < -0.3 is 24.6 Å². The van der Waals surface area contributed by atoms with Crippen LogP contribution in [0, 0.1) is 5.92 Å². The lowest BCUT2D eigenvalue weighted by molar-refractivity contribution is 0.0203. The minimum Gasteiger partial charge on any atom is -0.381 e. The highest BCUT2D eigenvalue weighted by atomic mass is 127. The number of rotatable bonds is 12. The zero-order valence-electron chi connectivity index (χ0n) is 18.2. The first-order valence-electron chi connectivity index (χ1n) is 10.9. The molecule has 0 unspecified atom stereocenters. The Bertz CT molecular complexity index is 558. The summed E-state index contributed by atoms with van der Waals surface area (Å²) in [6, 6.07) is 2.04. The maximum atomic E-state index is 5.81. The van der Waals surface area contributed by atoms with E-state index in [1.54, 1.807) is 0 Å². The molecule has 0 radical (unpaired) electrons. The molecule has 168 valence electrons. The number of nitrogens with one attached hydrogen (secondary N) is 2. The summed E-state index contributed by atoms with van der Waals surface area (Å²) in [4.78, 5) is 4.61. The molecule has 8 heteroatoms. The molecule has 0 aliphatic carbocycles. The van der Waals surface area contributed by atoms with Crippen LogP contribution in [0.2, 0.25) is 0 Å². The van der Waals surface area contributed by atoms with Crippen molar-refractivity contribution < 1.29 is 14.0 Å². The van der Waals surface area contributed by atoms with Crippen molar-refractivity contribution >= 4 is 29.9 Å². The summed E-state index contributed by atoms with van der Waals surface area (Å²) in [6.07, 6.45) is 5.35. The molecule has 0 atom stereocenters. The number of aliphatic imine (C=N–C) groups is 1. The Morgan fingerprint density at radius 1 is 1.24 bits per heavy atom. The maximum absolute atomic E-state index is 5.81. The predicted molar refractivity (Wildman–Crippen MR) is 127 cm³/mol. The van der Waals surface area contributed by atoms with Gasteiger partial charge in [-0.3, -0.25) is 0 Å². The summed E-state index contributed by atoms with van der Waals surface area (Å²) in [6.45, 7) is 11.9. The van der Waals surface area contributed by atoms with E-state index >= 15 is 0 Å². The molecule has 2 rings (SSSR count). The molecule has 1 aliphatic heterocycles. The lowest BCUT2D eigenvalue weighted by Crippen LogP contribution is -2.38. The highest BCUT2D eigenvalue weighted by Crippen LogP contribution is 2.22. The molecule has 1 fully saturated rings. The van der Waals surface area contributed by atoms with Crippen LogP contribution in [0.4, 0.5) is 0 Å². The molecular formula is C21H39IN4O3. The van der Waals surface area contributed by atoms with Gasteiger partial charge in [-0.25, -0.2) is 4.99 Å². The fourth-order valence-corrected chi connectivity index (χ4v) is 3.35. The number of hydrogen-bond acceptors (Lipinski definition) is 5. The van der Waals surface area contributed by atoms with Gasteiger partial charge in [0.15, 0.2) is 11.7 Å². The summed E-state index contributed by atoms with van der Waals surface area (Å²) in [7, 11) is 0. The van der Waals surface area contributed by atoms with Crippen LogP contribution in [0.5, 0.6) is 0 Å². The molecule has 1 aromatic heterocycles. The summed E-state index contributed by atoms with van der Waals surface area (Å²) in [5.74, 6) is 2.73. The van der Waals surface area contributed by atoms with Crippen molar-refractivity contribution in [2.24, 2.45) is 10.9 Å². The Morgan fingerprint density at radius 3 is 2.69 bits per heavy atom. The average molecular weight is 522 g/mol. The number of nitrogens with zero attached hydrogens (tertiary/aromatic N) is 2. The van der Waals surface area contributed by atoms with Crippen LogP contribution < -0.4 is 10.6 Å². The first-order valence-corrected chi connectivity index (χ1v) is 10.9. The van der Waals surface area contributed by atoms with Crippen molar-refractivity contribution in [1.29, 1.82) is 0 Å². The van der Waals surface area contributed by atoms with Crippen LogP contribution in [0.1, 0.15) is 70.2 Å². The van der Waals surface area contributed by atoms with E-state index in [9.17, 15) is 0 Å². The van der Waals surface area contributed by atoms with Crippen LogP contribution in [0.3, 0.4) is 0 Å². The SMILES string of the molecule is CCNC(=NCc1cc(C(CC)CC)no1)NCCCOCC1CCOCC1.I. The van der Waals surface area contributed by atoms with Crippen molar-refractivity contribution in [2.45, 2.75) is 65.3 Å². The van der Waals surface area contributed by atoms with Gasteiger partial charge >= 0.3 is 0 Å². The molecule has 2 heterocycles. The van der Waals surface area contributed by atoms with Gasteiger partial charge in [0, 0.05) is 51.5 Å². The second kappa shape index (κ2) is 15.9. The van der Waals surface area contributed by atoms with Gasteiger partial charge in [-0.2, -0.15) is 0 Å². The average Bonchev–Trinajstić information content (AvgIpc) is 3.19. The normalized spacial score (nSPS) is 15.4. The molecule has 7 nitrogen and oxygen atoms in total. The molecule has 2 N–H and O–H groups in total. The van der Waals surface area contributed by atoms with E-state index in [0.29, 0.717) is 18.4 Å². The van der Waals surface area contributed by atoms with Crippen LogP contribution in [-0.2, 0) is 16.0 Å². The molecule has 0 aromatic carbocycles. The van der Waals surface area contributed by atoms with E-state index in [1.807, 2.05) is 6.07 Å². The Kier molecular flexibility index (Phi) is 14.3. The number of aromatic nitrogens is 1. The summed E-state index contributed by atoms with van der Waals surface area (Å²) in [5, 5.41) is 10.8. The Morgan fingerprint density at radius 2 is 2.00 bits per heavy atom. The van der Waals surface area contributed by atoms with Gasteiger partial charge in [0.05, 0.1) is 5.69 Å². The number of hydrogen-bond donors (Lipinski definition) is 2. The molecule has 0 amide bonds. The van der Waals surface area contributed by atoms with Gasteiger partial charge in [-0.05, 0) is 44.9 Å². The van der Waals surface area contributed by atoms with Gasteiger partial charge in [-0.1, -0.05) is 19.0 Å². The lowest BCUT2D eigenvalue weighted by atomic mass is 9.99. The van der Waals surface area contributed by atoms with E-state index in [0.717, 1.165) is 89.0 Å². The molecule has 1 saturated heterocycles. The molecule has 0 bridgehead atoms. The van der Waals surface area contributed by atoms with Crippen molar-refractivity contribution in [1.82, 2.24) is 15.8 Å². The first kappa shape index (κ1) is 26.2. The quantitative estimate of drug-likeness (QED) is 0.186. The molecule has 1 aromatic rings. The third-order valence-electron chi connectivity index (χ3n) is 5.17. The highest BCUT2D eigenvalue weighted by molar-refractivity contribution is 14.0. The zero-order valence-corrected chi connectivity index (χ0v) is 20.6. The minimum atomic E-state index is 0. The van der Waals surface area contributed by atoms with Crippen LogP contribution >= 0.6 is 24.0 Å². The van der Waals surface area contributed by atoms with Gasteiger partial charge in [-0.15, -0.1) is 24.0 Å². The molecule has 0 saturated carbocycles. The van der Waals surface area contributed by atoms with E-state index in [4.69, 9.17) is 14.0 Å². The minimum absolute atomic E-state index is 0. The standard InChI is InChI=1S/C21H38N4O3.HI/c1-4-18(5-2)20-14-19(28-25-20)15-24-21(22-6-3)23-10-7-11-27-16-17-8-12-26-13-9-17;/h14,17-18H,4-13,15-16H2,1-3H3,(H2,22,23,24);1H. The van der Waals surface area contributed by atoms with E-state index < -0.39 is 0 Å². The highest BCUT2D eigenvalue weighted by Gasteiger charge is 2.14. The largest absolute Gasteiger partial charge is 0.381 e. The maximum Gasteiger partial charge on any atom is 0.191 e. The third-order valence-corrected chi connectivity index (χ3v) is 5.17. The summed E-state index contributed by atoms with van der Waals surface area (Å²) >= 11 is 0. The topological polar surface area (TPSA) is 80.9 Å². The Labute approximate surface area is 192 Å². The van der Waals surface area contributed by atoms with Crippen molar-refractivity contribution in [2.75, 3.05) is 39.5 Å². The van der Waals surface area contributed by atoms with Crippen molar-refractivity contribution in [3.05, 3.63) is 17.5 Å². The van der Waals surface area contributed by atoms with Crippen LogP contribution in [0.15, 0.2) is 15.6 Å². The second-order valence-corrected chi connectivity index (χ2v) is 7.34. The third kappa shape index (κ3) is 10.1. The monoisotopic (exact) mass is 522 g/mol. The van der Waals surface area contributed by atoms with Crippen molar-refractivity contribution in [3.63, 3.8) is 0 Å². The second-order valence-electron chi connectivity index (χ2n) is 7.34. The fourth-order valence-electron chi connectivity index (χ4n) is 3.35. The summed E-state index contributed by atoms with van der Waals surface area (Å²) in [5.41, 5.74) is 1.04. The van der Waals surface area contributed by atoms with E-state index in [1.165, 1.54) is 0 Å². The predicted octanol–water partition coefficient (Wildman–Crippen LogP) is 4.08.